The van der Waals surface area contributed by atoms with Gasteiger partial charge in [0.15, 0.2) is 0 Å². The second-order valence-electron chi connectivity index (χ2n) is 4.64. The molecule has 21 heavy (non-hydrogen) atoms. The number of carbonyl (C=O) groups is 2. The van der Waals surface area contributed by atoms with E-state index >= 15 is 0 Å². The Morgan fingerprint density at radius 3 is 2.33 bits per heavy atom. The molecule has 104 valence electrons. The summed E-state index contributed by atoms with van der Waals surface area (Å²) >= 11 is 0. The molecule has 0 saturated carbocycles. The Morgan fingerprint density at radius 1 is 1.10 bits per heavy atom. The summed E-state index contributed by atoms with van der Waals surface area (Å²) in [6, 6.07) is 11.0. The Labute approximate surface area is 120 Å². The maximum atomic E-state index is 12.4. The number of hydrogen-bond donors (Lipinski definition) is 2. The summed E-state index contributed by atoms with van der Waals surface area (Å²) in [6.45, 7) is 3.90. The minimum Gasteiger partial charge on any atom is -0.507 e. The molecule has 0 spiro atoms. The summed E-state index contributed by atoms with van der Waals surface area (Å²) in [5, 5.41) is 18.7. The van der Waals surface area contributed by atoms with Gasteiger partial charge in [-0.3, -0.25) is 9.69 Å². The van der Waals surface area contributed by atoms with Crippen LogP contribution >= 0.6 is 0 Å². The summed E-state index contributed by atoms with van der Waals surface area (Å²) < 4.78 is 0. The highest BCUT2D eigenvalue weighted by molar-refractivity contribution is 6.22. The molecule has 1 heterocycles. The molecule has 0 aliphatic carbocycles. The first-order valence-corrected chi connectivity index (χ1v) is 6.20. The normalized spacial score (nSPS) is 13.4. The van der Waals surface area contributed by atoms with Crippen molar-refractivity contribution in [3.63, 3.8) is 0 Å². The maximum absolute atomic E-state index is 12.4. The van der Waals surface area contributed by atoms with E-state index in [1.54, 1.807) is 18.2 Å². The number of aromatic carboxylic acids is 1. The van der Waals surface area contributed by atoms with Crippen molar-refractivity contribution in [3.8, 4) is 5.75 Å². The van der Waals surface area contributed by atoms with E-state index in [0.717, 1.165) is 5.56 Å². The zero-order valence-electron chi connectivity index (χ0n) is 10.9. The van der Waals surface area contributed by atoms with Gasteiger partial charge in [-0.05, 0) is 18.2 Å². The molecule has 3 rings (SSSR count). The molecule has 2 aromatic rings. The number of carboxylic acid groups (broad SMARTS) is 1. The Balaban J connectivity index is 2.07. The lowest BCUT2D eigenvalue weighted by Gasteiger charge is -2.18. The van der Waals surface area contributed by atoms with E-state index in [4.69, 9.17) is 5.11 Å². The fourth-order valence-electron chi connectivity index (χ4n) is 2.40. The number of benzene rings is 2. The van der Waals surface area contributed by atoms with Gasteiger partial charge in [0.1, 0.15) is 11.3 Å². The van der Waals surface area contributed by atoms with Crippen molar-refractivity contribution in [3.05, 3.63) is 65.7 Å². The lowest BCUT2D eigenvalue weighted by molar-refractivity contribution is 0.0693. The van der Waals surface area contributed by atoms with Gasteiger partial charge in [0.2, 0.25) is 0 Å². The third-order valence-electron chi connectivity index (χ3n) is 3.41. The molecule has 5 heteroatoms. The van der Waals surface area contributed by atoms with Crippen LogP contribution in [0.25, 0.3) is 5.70 Å². The molecule has 0 atom stereocenters. The Morgan fingerprint density at radius 2 is 1.76 bits per heavy atom. The first-order chi connectivity index (χ1) is 10.0. The highest BCUT2D eigenvalue weighted by atomic mass is 16.4. The summed E-state index contributed by atoms with van der Waals surface area (Å²) in [7, 11) is 0. The zero-order chi connectivity index (χ0) is 15.1. The van der Waals surface area contributed by atoms with Crippen molar-refractivity contribution in [2.24, 2.45) is 0 Å². The van der Waals surface area contributed by atoms with Gasteiger partial charge >= 0.3 is 5.97 Å². The molecule has 0 saturated heterocycles. The Hall–Kier alpha value is -3.08. The number of fused-ring (bicyclic) bond motifs is 1. The summed E-state index contributed by atoms with van der Waals surface area (Å²) in [5.74, 6) is -1.87. The van der Waals surface area contributed by atoms with Crippen molar-refractivity contribution >= 4 is 23.3 Å². The van der Waals surface area contributed by atoms with E-state index < -0.39 is 11.7 Å². The first kappa shape index (κ1) is 12.9. The minimum absolute atomic E-state index is 0.214. The predicted molar refractivity (Wildman–Crippen MR) is 77.4 cm³/mol. The van der Waals surface area contributed by atoms with Crippen LogP contribution in [0.1, 0.15) is 26.3 Å². The number of phenols is 1. The topological polar surface area (TPSA) is 77.8 Å². The van der Waals surface area contributed by atoms with E-state index in [2.05, 4.69) is 6.58 Å². The third kappa shape index (κ3) is 1.87. The van der Waals surface area contributed by atoms with Crippen LogP contribution in [0.15, 0.2) is 49.0 Å². The average molecular weight is 281 g/mol. The van der Waals surface area contributed by atoms with E-state index in [0.29, 0.717) is 16.9 Å². The Kier molecular flexibility index (Phi) is 2.76. The van der Waals surface area contributed by atoms with Crippen LogP contribution in [-0.2, 0) is 0 Å². The van der Waals surface area contributed by atoms with E-state index in [1.807, 2.05) is 6.07 Å². The van der Waals surface area contributed by atoms with Gasteiger partial charge in [-0.15, -0.1) is 0 Å². The van der Waals surface area contributed by atoms with E-state index in [9.17, 15) is 14.7 Å². The number of aromatic hydroxyl groups is 1. The molecule has 0 fully saturated rings. The molecule has 0 bridgehead atoms. The highest BCUT2D eigenvalue weighted by Gasteiger charge is 2.32. The molecule has 0 aromatic heterocycles. The van der Waals surface area contributed by atoms with Crippen LogP contribution in [0.2, 0.25) is 0 Å². The van der Waals surface area contributed by atoms with Gasteiger partial charge in [-0.1, -0.05) is 24.8 Å². The van der Waals surface area contributed by atoms with Gasteiger partial charge in [0.25, 0.3) is 5.91 Å². The third-order valence-corrected chi connectivity index (χ3v) is 3.41. The number of amides is 1. The number of rotatable bonds is 2. The Bertz CT molecular complexity index is 760. The maximum Gasteiger partial charge on any atom is 0.339 e. The second-order valence-corrected chi connectivity index (χ2v) is 4.64. The first-order valence-electron chi connectivity index (χ1n) is 6.20. The quantitative estimate of drug-likeness (QED) is 0.887. The highest BCUT2D eigenvalue weighted by Crippen LogP contribution is 2.37. The molecule has 1 aliphatic heterocycles. The van der Waals surface area contributed by atoms with Gasteiger partial charge in [0, 0.05) is 17.2 Å². The van der Waals surface area contributed by atoms with Crippen LogP contribution in [0.5, 0.6) is 5.75 Å². The molecule has 5 nitrogen and oxygen atoms in total. The molecular formula is C16H11NO4. The van der Waals surface area contributed by atoms with Crippen molar-refractivity contribution in [2.45, 2.75) is 0 Å². The lowest BCUT2D eigenvalue weighted by Crippen LogP contribution is -2.21. The largest absolute Gasteiger partial charge is 0.507 e. The molecule has 1 aliphatic rings. The number of anilines is 1. The SMILES string of the molecule is C=C1c2ccccc2C(=O)N1c1ccc(C(=O)O)c(O)c1. The molecule has 2 aromatic carbocycles. The number of hydrogen-bond acceptors (Lipinski definition) is 3. The number of carbonyl (C=O) groups excluding carboxylic acids is 1. The molecule has 0 radical (unpaired) electrons. The predicted octanol–water partition coefficient (Wildman–Crippen LogP) is 2.72. The lowest BCUT2D eigenvalue weighted by atomic mass is 10.1. The molecule has 1 amide bonds. The van der Waals surface area contributed by atoms with Crippen LogP contribution in [-0.4, -0.2) is 22.1 Å². The fourth-order valence-corrected chi connectivity index (χ4v) is 2.40. The van der Waals surface area contributed by atoms with Crippen molar-refractivity contribution in [1.82, 2.24) is 0 Å². The molecular weight excluding hydrogens is 270 g/mol. The number of carboxylic acids is 1. The minimum atomic E-state index is -1.23. The fraction of sp³-hybridized carbons (Fsp3) is 0. The van der Waals surface area contributed by atoms with E-state index in [1.165, 1.54) is 23.1 Å². The molecule has 0 unspecified atom stereocenters. The standard InChI is InChI=1S/C16H11NO4/c1-9-11-4-2-3-5-12(11)15(19)17(9)10-6-7-13(16(20)21)14(18)8-10/h2-8,18H,1H2,(H,20,21). The van der Waals surface area contributed by atoms with E-state index in [-0.39, 0.29) is 11.5 Å². The summed E-state index contributed by atoms with van der Waals surface area (Å²) in [4.78, 5) is 24.7. The van der Waals surface area contributed by atoms with Crippen molar-refractivity contribution in [2.75, 3.05) is 4.90 Å². The summed E-state index contributed by atoms with van der Waals surface area (Å²) in [6.07, 6.45) is 0. The average Bonchev–Trinajstić information content (AvgIpc) is 2.71. The van der Waals surface area contributed by atoms with Crippen LogP contribution < -0.4 is 4.90 Å². The van der Waals surface area contributed by atoms with Crippen molar-refractivity contribution in [1.29, 1.82) is 0 Å². The van der Waals surface area contributed by atoms with Crippen LogP contribution in [0.4, 0.5) is 5.69 Å². The van der Waals surface area contributed by atoms with Gasteiger partial charge in [-0.2, -0.15) is 0 Å². The van der Waals surface area contributed by atoms with Crippen LogP contribution in [0.3, 0.4) is 0 Å². The van der Waals surface area contributed by atoms with Gasteiger partial charge in [-0.25, -0.2) is 4.79 Å². The van der Waals surface area contributed by atoms with Gasteiger partial charge < -0.3 is 10.2 Å². The second kappa shape index (κ2) is 4.49. The summed E-state index contributed by atoms with van der Waals surface area (Å²) in [5.41, 5.74) is 1.92. The molecule has 2 N–H and O–H groups in total. The van der Waals surface area contributed by atoms with Gasteiger partial charge in [0.05, 0.1) is 11.4 Å². The van der Waals surface area contributed by atoms with Crippen molar-refractivity contribution < 1.29 is 19.8 Å². The zero-order valence-corrected chi connectivity index (χ0v) is 10.9. The number of nitrogens with zero attached hydrogens (tertiary/aromatic N) is 1. The smallest absolute Gasteiger partial charge is 0.339 e. The van der Waals surface area contributed by atoms with Crippen LogP contribution in [0, 0.1) is 0 Å². The monoisotopic (exact) mass is 281 g/mol.